The van der Waals surface area contributed by atoms with Gasteiger partial charge < -0.3 is 10.1 Å². The second-order valence-electron chi connectivity index (χ2n) is 4.09. The zero-order valence-corrected chi connectivity index (χ0v) is 11.6. The molecule has 1 N–H and O–H groups in total. The molecule has 2 aromatic carbocycles. The molecule has 104 valence electrons. The summed E-state index contributed by atoms with van der Waals surface area (Å²) in [7, 11) is 1.60. The topological polar surface area (TPSA) is 64.4 Å². The molecule has 0 spiro atoms. The Morgan fingerprint density at radius 2 is 1.95 bits per heavy atom. The minimum atomic E-state index is -0.456. The van der Waals surface area contributed by atoms with Crippen molar-refractivity contribution >= 4 is 23.0 Å². The zero-order chi connectivity index (χ0) is 14.5. The van der Waals surface area contributed by atoms with Crippen molar-refractivity contribution in [1.82, 2.24) is 0 Å². The molecule has 0 heterocycles. The molecule has 0 aliphatic carbocycles. The number of nitro groups is 1. The molecular formula is C14H13ClN2O3. The van der Waals surface area contributed by atoms with Crippen molar-refractivity contribution in [2.45, 2.75) is 6.54 Å². The molecule has 0 fully saturated rings. The standard InChI is InChI=1S/C14H13ClN2O3/c1-20-11-7-5-10(6-8-11)9-16-14-12(15)3-2-4-13(14)17(18)19/h2-8,16H,9H2,1H3. The van der Waals surface area contributed by atoms with E-state index in [1.165, 1.54) is 6.07 Å². The number of anilines is 1. The first-order valence-electron chi connectivity index (χ1n) is 5.91. The fraction of sp³-hybridized carbons (Fsp3) is 0.143. The Morgan fingerprint density at radius 3 is 2.55 bits per heavy atom. The fourth-order valence-corrected chi connectivity index (χ4v) is 2.01. The van der Waals surface area contributed by atoms with Crippen LogP contribution in [0.25, 0.3) is 0 Å². The number of hydrogen-bond acceptors (Lipinski definition) is 4. The van der Waals surface area contributed by atoms with E-state index < -0.39 is 4.92 Å². The van der Waals surface area contributed by atoms with E-state index in [4.69, 9.17) is 16.3 Å². The van der Waals surface area contributed by atoms with Crippen LogP contribution in [0.1, 0.15) is 5.56 Å². The van der Waals surface area contributed by atoms with E-state index in [0.29, 0.717) is 17.3 Å². The van der Waals surface area contributed by atoms with Gasteiger partial charge >= 0.3 is 0 Å². The van der Waals surface area contributed by atoms with Crippen LogP contribution < -0.4 is 10.1 Å². The number of nitrogens with zero attached hydrogens (tertiary/aromatic N) is 1. The molecule has 0 bridgehead atoms. The van der Waals surface area contributed by atoms with Gasteiger partial charge in [-0.3, -0.25) is 10.1 Å². The number of rotatable bonds is 5. The molecule has 0 atom stereocenters. The molecule has 2 aromatic rings. The average Bonchev–Trinajstić information content (AvgIpc) is 2.46. The summed E-state index contributed by atoms with van der Waals surface area (Å²) >= 11 is 6.00. The van der Waals surface area contributed by atoms with Crippen LogP contribution in [0.2, 0.25) is 5.02 Å². The molecule has 0 aliphatic rings. The molecule has 0 aliphatic heterocycles. The number of ether oxygens (including phenoxy) is 1. The smallest absolute Gasteiger partial charge is 0.293 e. The van der Waals surface area contributed by atoms with Gasteiger partial charge in [0.05, 0.1) is 17.1 Å². The van der Waals surface area contributed by atoms with Crippen molar-refractivity contribution in [1.29, 1.82) is 0 Å². The van der Waals surface area contributed by atoms with Gasteiger partial charge in [0.2, 0.25) is 0 Å². The second-order valence-corrected chi connectivity index (χ2v) is 4.50. The van der Waals surface area contributed by atoms with E-state index in [0.717, 1.165) is 11.3 Å². The van der Waals surface area contributed by atoms with Crippen LogP contribution in [0.15, 0.2) is 42.5 Å². The zero-order valence-electron chi connectivity index (χ0n) is 10.8. The SMILES string of the molecule is COc1ccc(CNc2c(Cl)cccc2[N+](=O)[O-])cc1. The van der Waals surface area contributed by atoms with Gasteiger partial charge in [0.15, 0.2) is 0 Å². The van der Waals surface area contributed by atoms with E-state index >= 15 is 0 Å². The minimum Gasteiger partial charge on any atom is -0.497 e. The van der Waals surface area contributed by atoms with Gasteiger partial charge in [-0.05, 0) is 23.8 Å². The van der Waals surface area contributed by atoms with Crippen LogP contribution in [-0.4, -0.2) is 12.0 Å². The van der Waals surface area contributed by atoms with Crippen molar-refractivity contribution in [3.63, 3.8) is 0 Å². The highest BCUT2D eigenvalue weighted by Gasteiger charge is 2.15. The quantitative estimate of drug-likeness (QED) is 0.671. The highest BCUT2D eigenvalue weighted by molar-refractivity contribution is 6.33. The second kappa shape index (κ2) is 6.25. The van der Waals surface area contributed by atoms with Gasteiger partial charge in [0.25, 0.3) is 5.69 Å². The molecule has 0 unspecified atom stereocenters. The Hall–Kier alpha value is -2.27. The lowest BCUT2D eigenvalue weighted by Gasteiger charge is -2.09. The molecule has 0 aromatic heterocycles. The predicted molar refractivity (Wildman–Crippen MR) is 78.4 cm³/mol. The minimum absolute atomic E-state index is 0.0361. The Morgan fingerprint density at radius 1 is 1.25 bits per heavy atom. The van der Waals surface area contributed by atoms with E-state index in [1.54, 1.807) is 19.2 Å². The third kappa shape index (κ3) is 3.19. The number of methoxy groups -OCH3 is 1. The maximum atomic E-state index is 11.0. The van der Waals surface area contributed by atoms with Gasteiger partial charge in [-0.1, -0.05) is 29.8 Å². The van der Waals surface area contributed by atoms with Gasteiger partial charge in [0.1, 0.15) is 11.4 Å². The maximum Gasteiger partial charge on any atom is 0.293 e. The number of halogens is 1. The Bertz CT molecular complexity index is 614. The van der Waals surface area contributed by atoms with Crippen LogP contribution in [0, 0.1) is 10.1 Å². The van der Waals surface area contributed by atoms with Crippen molar-refractivity contribution in [3.05, 3.63) is 63.2 Å². The van der Waals surface area contributed by atoms with Gasteiger partial charge in [0, 0.05) is 12.6 Å². The molecule has 0 saturated heterocycles. The van der Waals surface area contributed by atoms with Gasteiger partial charge in [-0.2, -0.15) is 0 Å². The molecule has 5 nitrogen and oxygen atoms in total. The molecule has 20 heavy (non-hydrogen) atoms. The number of nitrogens with one attached hydrogen (secondary N) is 1. The third-order valence-corrected chi connectivity index (χ3v) is 3.13. The van der Waals surface area contributed by atoms with E-state index in [9.17, 15) is 10.1 Å². The summed E-state index contributed by atoms with van der Waals surface area (Å²) in [4.78, 5) is 10.5. The summed E-state index contributed by atoms with van der Waals surface area (Å²) in [5.74, 6) is 0.762. The number of para-hydroxylation sites is 1. The number of benzene rings is 2. The lowest BCUT2D eigenvalue weighted by atomic mass is 10.2. The van der Waals surface area contributed by atoms with Crippen molar-refractivity contribution in [3.8, 4) is 5.75 Å². The summed E-state index contributed by atoms with van der Waals surface area (Å²) in [6.07, 6.45) is 0. The summed E-state index contributed by atoms with van der Waals surface area (Å²) < 4.78 is 5.07. The van der Waals surface area contributed by atoms with Crippen LogP contribution in [0.5, 0.6) is 5.75 Å². The first kappa shape index (κ1) is 14.1. The van der Waals surface area contributed by atoms with Crippen molar-refractivity contribution < 1.29 is 9.66 Å². The highest BCUT2D eigenvalue weighted by Crippen LogP contribution is 2.32. The fourth-order valence-electron chi connectivity index (χ4n) is 1.77. The van der Waals surface area contributed by atoms with E-state index in [2.05, 4.69) is 5.32 Å². The first-order valence-corrected chi connectivity index (χ1v) is 6.29. The Labute approximate surface area is 121 Å². The molecule has 6 heteroatoms. The lowest BCUT2D eigenvalue weighted by Crippen LogP contribution is -2.03. The highest BCUT2D eigenvalue weighted by atomic mass is 35.5. The summed E-state index contributed by atoms with van der Waals surface area (Å²) in [6.45, 7) is 0.439. The van der Waals surface area contributed by atoms with Crippen LogP contribution in [-0.2, 0) is 6.54 Å². The van der Waals surface area contributed by atoms with Crippen LogP contribution in [0.4, 0.5) is 11.4 Å². The molecule has 0 saturated carbocycles. The average molecular weight is 293 g/mol. The normalized spacial score (nSPS) is 10.1. The van der Waals surface area contributed by atoms with Gasteiger partial charge in [-0.15, -0.1) is 0 Å². The Kier molecular flexibility index (Phi) is 4.42. The monoisotopic (exact) mass is 292 g/mol. The van der Waals surface area contributed by atoms with Gasteiger partial charge in [-0.25, -0.2) is 0 Å². The number of nitro benzene ring substituents is 1. The first-order chi connectivity index (χ1) is 9.61. The predicted octanol–water partition coefficient (Wildman–Crippen LogP) is 3.87. The van der Waals surface area contributed by atoms with Crippen LogP contribution in [0.3, 0.4) is 0 Å². The summed E-state index contributed by atoms with van der Waals surface area (Å²) in [5, 5.41) is 14.3. The third-order valence-electron chi connectivity index (χ3n) is 2.82. The molecule has 2 rings (SSSR count). The van der Waals surface area contributed by atoms with E-state index in [-0.39, 0.29) is 5.69 Å². The Balaban J connectivity index is 2.16. The maximum absolute atomic E-state index is 11.0. The van der Waals surface area contributed by atoms with Crippen LogP contribution >= 0.6 is 11.6 Å². The summed E-state index contributed by atoms with van der Waals surface area (Å²) in [5.41, 5.74) is 1.26. The molecular weight excluding hydrogens is 280 g/mol. The number of hydrogen-bond donors (Lipinski definition) is 1. The van der Waals surface area contributed by atoms with Crippen molar-refractivity contribution in [2.24, 2.45) is 0 Å². The van der Waals surface area contributed by atoms with Crippen molar-refractivity contribution in [2.75, 3.05) is 12.4 Å². The van der Waals surface area contributed by atoms with E-state index in [1.807, 2.05) is 24.3 Å². The largest absolute Gasteiger partial charge is 0.497 e. The molecule has 0 radical (unpaired) electrons. The molecule has 0 amide bonds. The lowest BCUT2D eigenvalue weighted by molar-refractivity contribution is -0.383. The summed E-state index contributed by atoms with van der Waals surface area (Å²) in [6, 6.07) is 12.0.